The van der Waals surface area contributed by atoms with E-state index in [1.807, 2.05) is 0 Å². The topological polar surface area (TPSA) is 84.7 Å². The molecule has 0 fully saturated rings. The second-order valence-electron chi connectivity index (χ2n) is 3.64. The van der Waals surface area contributed by atoms with Crippen LogP contribution in [0, 0.1) is 0 Å². The molecule has 10 heteroatoms. The Balaban J connectivity index is 2.08. The minimum atomic E-state index is -4.47. The number of nitrogens with zero attached hydrogens (tertiary/aromatic N) is 4. The molecule has 106 valence electrons. The summed E-state index contributed by atoms with van der Waals surface area (Å²) in [6.45, 7) is -1.42. The minimum Gasteiger partial charge on any atom is -0.329 e. The summed E-state index contributed by atoms with van der Waals surface area (Å²) < 4.78 is 37.2. The van der Waals surface area contributed by atoms with Crippen molar-refractivity contribution in [2.45, 2.75) is 6.18 Å². The van der Waals surface area contributed by atoms with Crippen LogP contribution in [0.2, 0.25) is 0 Å². The highest BCUT2D eigenvalue weighted by molar-refractivity contribution is 5.90. The van der Waals surface area contributed by atoms with E-state index in [0.717, 1.165) is 0 Å². The van der Waals surface area contributed by atoms with Crippen molar-refractivity contribution in [2.75, 3.05) is 11.9 Å². The number of aromatic nitrogens is 4. The molecular formula is C10H9F3N6O. The van der Waals surface area contributed by atoms with Crippen LogP contribution in [-0.2, 0) is 0 Å². The Morgan fingerprint density at radius 1 is 1.40 bits per heavy atom. The second-order valence-corrected chi connectivity index (χ2v) is 3.64. The van der Waals surface area contributed by atoms with E-state index in [2.05, 4.69) is 20.4 Å². The molecule has 0 aromatic carbocycles. The Hall–Kier alpha value is -2.65. The van der Waals surface area contributed by atoms with Gasteiger partial charge in [0, 0.05) is 6.20 Å². The molecular weight excluding hydrogens is 277 g/mol. The van der Waals surface area contributed by atoms with Gasteiger partial charge in [-0.1, -0.05) is 0 Å². The van der Waals surface area contributed by atoms with Crippen LogP contribution in [-0.4, -0.2) is 38.5 Å². The Morgan fingerprint density at radius 3 is 2.85 bits per heavy atom. The van der Waals surface area contributed by atoms with Crippen LogP contribution in [0.25, 0.3) is 5.82 Å². The van der Waals surface area contributed by atoms with Crippen LogP contribution < -0.4 is 10.6 Å². The average Bonchev–Trinajstić information content (AvgIpc) is 2.90. The molecule has 7 nitrogen and oxygen atoms in total. The van der Waals surface area contributed by atoms with Crippen LogP contribution in [0.1, 0.15) is 0 Å². The number of carbonyl (C=O) groups is 1. The first-order valence-corrected chi connectivity index (χ1v) is 5.37. The SMILES string of the molecule is O=C(NCC(F)(F)F)Nc1cccnc1-n1cncn1. The number of pyridine rings is 1. The fourth-order valence-electron chi connectivity index (χ4n) is 1.34. The van der Waals surface area contributed by atoms with Crippen molar-refractivity contribution in [1.29, 1.82) is 0 Å². The summed E-state index contributed by atoms with van der Waals surface area (Å²) in [4.78, 5) is 19.1. The Bertz CT molecular complexity index is 583. The fraction of sp³-hybridized carbons (Fsp3) is 0.200. The van der Waals surface area contributed by atoms with Crippen LogP contribution in [0.3, 0.4) is 0 Å². The maximum Gasteiger partial charge on any atom is 0.405 e. The zero-order valence-electron chi connectivity index (χ0n) is 9.92. The van der Waals surface area contributed by atoms with Crippen molar-refractivity contribution in [3.8, 4) is 5.82 Å². The van der Waals surface area contributed by atoms with E-state index < -0.39 is 18.8 Å². The van der Waals surface area contributed by atoms with Gasteiger partial charge in [-0.15, -0.1) is 0 Å². The number of halogens is 3. The lowest BCUT2D eigenvalue weighted by molar-refractivity contribution is -0.122. The third-order valence-corrected chi connectivity index (χ3v) is 2.12. The van der Waals surface area contributed by atoms with Crippen molar-refractivity contribution in [2.24, 2.45) is 0 Å². The van der Waals surface area contributed by atoms with E-state index in [-0.39, 0.29) is 11.5 Å². The second kappa shape index (κ2) is 5.55. The Morgan fingerprint density at radius 2 is 2.20 bits per heavy atom. The van der Waals surface area contributed by atoms with Gasteiger partial charge < -0.3 is 10.6 Å². The molecule has 0 unspecified atom stereocenters. The van der Waals surface area contributed by atoms with Crippen molar-refractivity contribution in [3.05, 3.63) is 31.0 Å². The number of rotatable bonds is 3. The van der Waals surface area contributed by atoms with Crippen molar-refractivity contribution >= 4 is 11.7 Å². The van der Waals surface area contributed by atoms with Gasteiger partial charge in [0.1, 0.15) is 19.2 Å². The maximum absolute atomic E-state index is 12.0. The molecule has 2 N–H and O–H groups in total. The number of urea groups is 1. The van der Waals surface area contributed by atoms with Crippen molar-refractivity contribution in [1.82, 2.24) is 25.1 Å². The number of carbonyl (C=O) groups excluding carboxylic acids is 1. The first kappa shape index (κ1) is 13.8. The summed E-state index contributed by atoms with van der Waals surface area (Å²) in [5.41, 5.74) is 0.206. The minimum absolute atomic E-state index is 0.206. The van der Waals surface area contributed by atoms with Crippen LogP contribution in [0.4, 0.5) is 23.7 Å². The zero-order valence-corrected chi connectivity index (χ0v) is 9.92. The highest BCUT2D eigenvalue weighted by atomic mass is 19.4. The molecule has 20 heavy (non-hydrogen) atoms. The van der Waals surface area contributed by atoms with Crippen molar-refractivity contribution in [3.63, 3.8) is 0 Å². The molecule has 2 aromatic rings. The molecule has 0 aliphatic carbocycles. The van der Waals surface area contributed by atoms with Gasteiger partial charge in [-0.2, -0.15) is 18.3 Å². The number of hydrogen-bond donors (Lipinski definition) is 2. The van der Waals surface area contributed by atoms with E-state index >= 15 is 0 Å². The van der Waals surface area contributed by atoms with Crippen LogP contribution in [0.15, 0.2) is 31.0 Å². The largest absolute Gasteiger partial charge is 0.405 e. The molecule has 0 bridgehead atoms. The number of alkyl halides is 3. The Kier molecular flexibility index (Phi) is 3.82. The summed E-state index contributed by atoms with van der Waals surface area (Å²) in [6, 6.07) is 2.02. The number of nitrogens with one attached hydrogen (secondary N) is 2. The van der Waals surface area contributed by atoms with E-state index in [9.17, 15) is 18.0 Å². The average molecular weight is 286 g/mol. The number of hydrogen-bond acceptors (Lipinski definition) is 4. The molecule has 2 rings (SSSR count). The lowest BCUT2D eigenvalue weighted by Crippen LogP contribution is -2.36. The molecule has 2 aromatic heterocycles. The summed E-state index contributed by atoms with van der Waals surface area (Å²) in [5.74, 6) is 0.243. The fourth-order valence-corrected chi connectivity index (χ4v) is 1.34. The van der Waals surface area contributed by atoms with E-state index in [0.29, 0.717) is 0 Å². The van der Waals surface area contributed by atoms with E-state index in [1.165, 1.54) is 35.7 Å². The predicted octanol–water partition coefficient (Wildman–Crippen LogP) is 1.35. The summed E-state index contributed by atoms with van der Waals surface area (Å²) in [7, 11) is 0. The zero-order chi connectivity index (χ0) is 14.6. The molecule has 0 radical (unpaired) electrons. The highest BCUT2D eigenvalue weighted by Crippen LogP contribution is 2.16. The smallest absolute Gasteiger partial charge is 0.329 e. The summed E-state index contributed by atoms with van der Waals surface area (Å²) >= 11 is 0. The van der Waals surface area contributed by atoms with Gasteiger partial charge in [0.15, 0.2) is 5.82 Å². The van der Waals surface area contributed by atoms with E-state index in [4.69, 9.17) is 0 Å². The number of anilines is 1. The van der Waals surface area contributed by atoms with Crippen molar-refractivity contribution < 1.29 is 18.0 Å². The lowest BCUT2D eigenvalue weighted by atomic mass is 10.4. The van der Waals surface area contributed by atoms with Gasteiger partial charge in [-0.25, -0.2) is 19.4 Å². The molecule has 0 atom stereocenters. The molecule has 0 saturated heterocycles. The molecule has 0 aliphatic rings. The first-order valence-electron chi connectivity index (χ1n) is 5.37. The van der Waals surface area contributed by atoms with Crippen LogP contribution in [0.5, 0.6) is 0 Å². The maximum atomic E-state index is 12.0. The van der Waals surface area contributed by atoms with Gasteiger partial charge in [0.25, 0.3) is 0 Å². The van der Waals surface area contributed by atoms with Gasteiger partial charge in [-0.3, -0.25) is 0 Å². The first-order chi connectivity index (χ1) is 9.46. The monoisotopic (exact) mass is 286 g/mol. The number of amides is 2. The van der Waals surface area contributed by atoms with Gasteiger partial charge in [-0.05, 0) is 12.1 Å². The van der Waals surface area contributed by atoms with E-state index in [1.54, 1.807) is 5.32 Å². The molecule has 2 heterocycles. The van der Waals surface area contributed by atoms with Gasteiger partial charge in [0.2, 0.25) is 0 Å². The lowest BCUT2D eigenvalue weighted by Gasteiger charge is -2.11. The summed E-state index contributed by atoms with van der Waals surface area (Å²) in [6.07, 6.45) is -0.403. The third kappa shape index (κ3) is 3.67. The molecule has 2 amide bonds. The highest BCUT2D eigenvalue weighted by Gasteiger charge is 2.27. The molecule has 0 aliphatic heterocycles. The summed E-state index contributed by atoms with van der Waals surface area (Å²) in [5, 5.41) is 7.80. The quantitative estimate of drug-likeness (QED) is 0.891. The standard InChI is InChI=1S/C10H9F3N6O/c11-10(12,13)4-16-9(20)18-7-2-1-3-15-8(7)19-6-14-5-17-19/h1-3,5-6H,4H2,(H2,16,18,20). The normalized spacial score (nSPS) is 11.2. The van der Waals surface area contributed by atoms with Gasteiger partial charge >= 0.3 is 12.2 Å². The predicted molar refractivity (Wildman–Crippen MR) is 62.2 cm³/mol. The van der Waals surface area contributed by atoms with Gasteiger partial charge in [0.05, 0.1) is 5.69 Å². The third-order valence-electron chi connectivity index (χ3n) is 2.12. The Labute approximate surface area is 110 Å². The van der Waals surface area contributed by atoms with Crippen LogP contribution >= 0.6 is 0 Å². The molecule has 0 saturated carbocycles. The molecule has 0 spiro atoms.